The predicted molar refractivity (Wildman–Crippen MR) is 147 cm³/mol. The van der Waals surface area contributed by atoms with Gasteiger partial charge in [-0.2, -0.15) is 10.1 Å². The van der Waals surface area contributed by atoms with Crippen LogP contribution in [0.15, 0.2) is 65.7 Å². The number of amides is 2. The van der Waals surface area contributed by atoms with E-state index in [4.69, 9.17) is 17.3 Å². The quantitative estimate of drug-likeness (QED) is 0.171. The number of alkyl halides is 1. The summed E-state index contributed by atoms with van der Waals surface area (Å²) in [5, 5.41) is 17.4. The summed E-state index contributed by atoms with van der Waals surface area (Å²) in [6, 6.07) is 14.3. The van der Waals surface area contributed by atoms with Crippen LogP contribution < -0.4 is 11.1 Å². The summed E-state index contributed by atoms with van der Waals surface area (Å²) < 4.78 is 31.2. The van der Waals surface area contributed by atoms with Gasteiger partial charge in [0.1, 0.15) is 30.7 Å². The molecule has 1 aliphatic heterocycles. The number of likely N-dealkylation sites (tertiary alicyclic amines) is 1. The number of aromatic nitrogens is 2. The first kappa shape index (κ1) is 28.1. The molecule has 4 N–H and O–H groups in total. The van der Waals surface area contributed by atoms with Crippen molar-refractivity contribution in [3.8, 4) is 11.1 Å². The molecule has 3 aromatic carbocycles. The number of isocyanates is 1. The minimum absolute atomic E-state index is 0.0312. The largest absolute Gasteiger partial charge is 0.373 e. The van der Waals surface area contributed by atoms with Gasteiger partial charge < -0.3 is 21.1 Å². The predicted octanol–water partition coefficient (Wildman–Crippen LogP) is 3.99. The molecule has 4 aromatic rings. The Bertz CT molecular complexity index is 1700. The van der Waals surface area contributed by atoms with Crippen molar-refractivity contribution in [1.29, 1.82) is 0 Å². The van der Waals surface area contributed by atoms with E-state index in [0.717, 1.165) is 4.90 Å². The average Bonchev–Trinajstić information content (AvgIpc) is 3.51. The standard InChI is InChI=1S/C28H23ClF2N6O4/c29-20-6-2-1-4-17(20)18-5-3-7-21(25(18)31)34-28(41)23-10-15(30)12-36(23)24(39)13-37-22-9-8-16(33-14-38)11-19(22)26(35-37)27(32)40/h1-9,11,15,23,27,40H,10,12-13,32H2,(H,34,41)/t15-,23+,27?/m1/s1. The molecular weight excluding hydrogens is 558 g/mol. The molecule has 1 saturated heterocycles. The average molecular weight is 581 g/mol. The molecule has 210 valence electrons. The fourth-order valence-electron chi connectivity index (χ4n) is 4.91. The molecule has 0 saturated carbocycles. The zero-order valence-electron chi connectivity index (χ0n) is 21.3. The Hall–Kier alpha value is -4.48. The summed E-state index contributed by atoms with van der Waals surface area (Å²) >= 11 is 6.22. The Labute approximate surface area is 237 Å². The van der Waals surface area contributed by atoms with Crippen LogP contribution in [0.1, 0.15) is 18.3 Å². The molecule has 1 unspecified atom stereocenters. The van der Waals surface area contributed by atoms with Crippen LogP contribution in [0, 0.1) is 5.82 Å². The van der Waals surface area contributed by atoms with Crippen LogP contribution in [0.25, 0.3) is 22.0 Å². The second-order valence-electron chi connectivity index (χ2n) is 9.42. The topological polar surface area (TPSA) is 143 Å². The highest BCUT2D eigenvalue weighted by molar-refractivity contribution is 6.33. The normalized spacial score (nSPS) is 17.3. The highest BCUT2D eigenvalue weighted by Crippen LogP contribution is 2.33. The fourth-order valence-corrected chi connectivity index (χ4v) is 5.15. The Morgan fingerprint density at radius 2 is 1.95 bits per heavy atom. The lowest BCUT2D eigenvalue weighted by Gasteiger charge is -2.24. The lowest BCUT2D eigenvalue weighted by atomic mass is 10.0. The van der Waals surface area contributed by atoms with Gasteiger partial charge in [0.25, 0.3) is 0 Å². The van der Waals surface area contributed by atoms with Gasteiger partial charge >= 0.3 is 0 Å². The van der Waals surface area contributed by atoms with Gasteiger partial charge in [-0.3, -0.25) is 14.3 Å². The summed E-state index contributed by atoms with van der Waals surface area (Å²) in [4.78, 5) is 41.8. The SMILES string of the molecule is NC(O)c1nn(CC(=O)N2C[C@H](F)C[C@H]2C(=O)Nc2cccc(-c3ccccc3Cl)c2F)c2ccc(N=C=O)cc12. The molecule has 2 amide bonds. The molecule has 3 atom stereocenters. The number of aliphatic hydroxyl groups is 1. The van der Waals surface area contributed by atoms with E-state index in [1.165, 1.54) is 41.1 Å². The third-order valence-corrected chi connectivity index (χ3v) is 7.13. The van der Waals surface area contributed by atoms with Crippen LogP contribution in [0.4, 0.5) is 20.2 Å². The molecule has 0 aliphatic carbocycles. The van der Waals surface area contributed by atoms with Gasteiger partial charge in [-0.25, -0.2) is 13.6 Å². The van der Waals surface area contributed by atoms with E-state index in [1.807, 2.05) is 0 Å². The van der Waals surface area contributed by atoms with Crippen molar-refractivity contribution in [2.75, 3.05) is 11.9 Å². The number of rotatable bonds is 7. The summed E-state index contributed by atoms with van der Waals surface area (Å²) in [5.41, 5.74) is 6.74. The highest BCUT2D eigenvalue weighted by atomic mass is 35.5. The van der Waals surface area contributed by atoms with Crippen molar-refractivity contribution >= 4 is 51.8 Å². The third kappa shape index (κ3) is 5.59. The molecule has 2 heterocycles. The van der Waals surface area contributed by atoms with Gasteiger partial charge in [0.05, 0.1) is 23.4 Å². The van der Waals surface area contributed by atoms with E-state index in [2.05, 4.69) is 15.4 Å². The maximum Gasteiger partial charge on any atom is 0.247 e. The molecule has 41 heavy (non-hydrogen) atoms. The number of nitrogens with zero attached hydrogens (tertiary/aromatic N) is 4. The van der Waals surface area contributed by atoms with E-state index in [1.54, 1.807) is 30.3 Å². The smallest absolute Gasteiger partial charge is 0.247 e. The van der Waals surface area contributed by atoms with Gasteiger partial charge in [-0.15, -0.1) is 0 Å². The number of nitrogens with one attached hydrogen (secondary N) is 1. The van der Waals surface area contributed by atoms with Gasteiger partial charge in [0.15, 0.2) is 5.82 Å². The zero-order chi connectivity index (χ0) is 29.3. The van der Waals surface area contributed by atoms with E-state index >= 15 is 4.39 Å². The van der Waals surface area contributed by atoms with Crippen LogP contribution in [0.5, 0.6) is 0 Å². The summed E-state index contributed by atoms with van der Waals surface area (Å²) in [6.07, 6.45) is -1.83. The van der Waals surface area contributed by atoms with Crippen LogP contribution in [-0.4, -0.2) is 56.4 Å². The Balaban J connectivity index is 1.39. The second kappa shape index (κ2) is 11.6. The number of anilines is 1. The number of carbonyl (C=O) groups excluding carboxylic acids is 3. The molecule has 13 heteroatoms. The van der Waals surface area contributed by atoms with Crippen molar-refractivity contribution in [3.05, 3.63) is 77.2 Å². The minimum atomic E-state index is -1.50. The lowest BCUT2D eigenvalue weighted by molar-refractivity contribution is -0.137. The Morgan fingerprint density at radius 1 is 1.20 bits per heavy atom. The van der Waals surface area contributed by atoms with Crippen molar-refractivity contribution in [2.24, 2.45) is 10.7 Å². The monoisotopic (exact) mass is 580 g/mol. The Kier molecular flexibility index (Phi) is 7.91. The van der Waals surface area contributed by atoms with Crippen molar-refractivity contribution < 1.29 is 28.3 Å². The zero-order valence-corrected chi connectivity index (χ0v) is 22.1. The number of benzene rings is 3. The molecular formula is C28H23ClF2N6O4. The molecule has 0 bridgehead atoms. The summed E-state index contributed by atoms with van der Waals surface area (Å²) in [7, 11) is 0. The van der Waals surface area contributed by atoms with Crippen molar-refractivity contribution in [2.45, 2.75) is 31.4 Å². The van der Waals surface area contributed by atoms with Crippen LogP contribution >= 0.6 is 11.6 Å². The third-order valence-electron chi connectivity index (χ3n) is 6.80. The minimum Gasteiger partial charge on any atom is -0.373 e. The van der Waals surface area contributed by atoms with E-state index < -0.39 is 42.6 Å². The number of fused-ring (bicyclic) bond motifs is 1. The maximum absolute atomic E-state index is 15.4. The van der Waals surface area contributed by atoms with Crippen molar-refractivity contribution in [3.63, 3.8) is 0 Å². The summed E-state index contributed by atoms with van der Waals surface area (Å²) in [5.74, 6) is -2.11. The van der Waals surface area contributed by atoms with Crippen LogP contribution in [-0.2, 0) is 20.9 Å². The molecule has 5 rings (SSSR count). The second-order valence-corrected chi connectivity index (χ2v) is 9.83. The van der Waals surface area contributed by atoms with Crippen molar-refractivity contribution in [1.82, 2.24) is 14.7 Å². The van der Waals surface area contributed by atoms with E-state index in [9.17, 15) is 23.9 Å². The van der Waals surface area contributed by atoms with Gasteiger partial charge in [-0.1, -0.05) is 41.9 Å². The number of hydrogen-bond acceptors (Lipinski definition) is 7. The first-order chi connectivity index (χ1) is 19.7. The van der Waals surface area contributed by atoms with Gasteiger partial charge in [0.2, 0.25) is 17.9 Å². The van der Waals surface area contributed by atoms with Gasteiger partial charge in [0, 0.05) is 28.0 Å². The van der Waals surface area contributed by atoms with E-state index in [0.29, 0.717) is 21.5 Å². The molecule has 1 fully saturated rings. The summed E-state index contributed by atoms with van der Waals surface area (Å²) in [6.45, 7) is -0.755. The molecule has 0 spiro atoms. The van der Waals surface area contributed by atoms with Gasteiger partial charge in [-0.05, 0) is 30.3 Å². The number of hydrogen-bond donors (Lipinski definition) is 3. The van der Waals surface area contributed by atoms with Crippen LogP contribution in [0.2, 0.25) is 5.02 Å². The fraction of sp³-hybridized carbons (Fsp3) is 0.214. The highest BCUT2D eigenvalue weighted by Gasteiger charge is 2.40. The lowest BCUT2D eigenvalue weighted by Crippen LogP contribution is -2.44. The van der Waals surface area contributed by atoms with E-state index in [-0.39, 0.29) is 35.6 Å². The number of aliphatic hydroxyl groups excluding tert-OH is 1. The number of carbonyl (C=O) groups is 2. The number of nitrogens with two attached hydrogens (primary N) is 1. The number of halogens is 3. The first-order valence-corrected chi connectivity index (χ1v) is 12.9. The van der Waals surface area contributed by atoms with Crippen LogP contribution in [0.3, 0.4) is 0 Å². The molecule has 10 nitrogen and oxygen atoms in total. The molecule has 0 radical (unpaired) electrons. The maximum atomic E-state index is 15.4. The number of aliphatic imine (C=N–C) groups is 1. The first-order valence-electron chi connectivity index (χ1n) is 12.5. The molecule has 1 aromatic heterocycles. The molecule has 1 aliphatic rings. The Morgan fingerprint density at radius 3 is 2.68 bits per heavy atom.